The van der Waals surface area contributed by atoms with Crippen LogP contribution in [0.3, 0.4) is 0 Å². The summed E-state index contributed by atoms with van der Waals surface area (Å²) in [5.74, 6) is 0.533. The summed E-state index contributed by atoms with van der Waals surface area (Å²) in [4.78, 5) is 11.2. The molecule has 0 fully saturated rings. The molecule has 12 aromatic carbocycles. The fourth-order valence-electron chi connectivity index (χ4n) is 15.2. The molecule has 0 bridgehead atoms. The third-order valence-corrected chi connectivity index (χ3v) is 18.9. The molecule has 0 saturated carbocycles. The zero-order valence-corrected chi connectivity index (χ0v) is 49.2. The van der Waals surface area contributed by atoms with Crippen LogP contribution in [0.15, 0.2) is 279 Å². The van der Waals surface area contributed by atoms with Crippen molar-refractivity contribution >= 4 is 110 Å². The molecule has 1 aliphatic rings. The van der Waals surface area contributed by atoms with Gasteiger partial charge in [0, 0.05) is 92.8 Å². The van der Waals surface area contributed by atoms with E-state index in [1.54, 1.807) is 0 Å². The molecule has 8 heteroatoms. The Hall–Kier alpha value is -12.3. The SMILES string of the molecule is N#Cc1c(-n2c3ccccc3c3c4c(ccc32)c2c(n4-c3ccccc3)=CCCC=2)cc(-c2nc(-c3ccccc3)cc(-c3ccccc3)n2)cc1-n1c2ccccc2c2c3c(c4ccccc4n3-c3ccccc3)c3c(c4ccccc4n3-c3ccccc3)c21. The lowest BCUT2D eigenvalue weighted by Crippen LogP contribution is -2.30. The molecular formula is C83H52N8. The Morgan fingerprint density at radius 3 is 1.20 bits per heavy atom. The van der Waals surface area contributed by atoms with E-state index in [2.05, 4.69) is 308 Å². The average Bonchev–Trinajstić information content (AvgIpc) is 1.51. The highest BCUT2D eigenvalue weighted by atomic mass is 15.1. The molecule has 424 valence electrons. The second-order valence-electron chi connectivity index (χ2n) is 23.8. The third kappa shape index (κ3) is 7.37. The monoisotopic (exact) mass is 1160 g/mol. The molecule has 91 heavy (non-hydrogen) atoms. The van der Waals surface area contributed by atoms with Gasteiger partial charge in [-0.1, -0.05) is 206 Å². The minimum Gasteiger partial charge on any atom is -0.309 e. The van der Waals surface area contributed by atoms with Crippen LogP contribution < -0.4 is 10.6 Å². The fourth-order valence-corrected chi connectivity index (χ4v) is 15.2. The van der Waals surface area contributed by atoms with Crippen molar-refractivity contribution in [1.82, 2.24) is 32.8 Å². The van der Waals surface area contributed by atoms with E-state index in [0.29, 0.717) is 22.8 Å². The van der Waals surface area contributed by atoms with Gasteiger partial charge in [-0.3, -0.25) is 0 Å². The largest absolute Gasteiger partial charge is 0.309 e. The topological polar surface area (TPSA) is 74.2 Å². The molecule has 8 nitrogen and oxygen atoms in total. The van der Waals surface area contributed by atoms with Crippen LogP contribution in [0.4, 0.5) is 0 Å². The molecule has 19 rings (SSSR count). The highest BCUT2D eigenvalue weighted by Gasteiger charge is 2.32. The first-order valence-electron chi connectivity index (χ1n) is 31.1. The van der Waals surface area contributed by atoms with Crippen molar-refractivity contribution in [3.8, 4) is 68.4 Å². The van der Waals surface area contributed by atoms with Gasteiger partial charge in [0.25, 0.3) is 0 Å². The number of hydrogen-bond acceptors (Lipinski definition) is 3. The zero-order chi connectivity index (χ0) is 59.8. The van der Waals surface area contributed by atoms with E-state index in [0.717, 1.165) is 151 Å². The number of nitrogens with zero attached hydrogens (tertiary/aromatic N) is 8. The number of aromatic nitrogens is 7. The Labute approximate surface area is 521 Å². The van der Waals surface area contributed by atoms with E-state index in [1.165, 1.54) is 16.0 Å². The lowest BCUT2D eigenvalue weighted by molar-refractivity contribution is 1.03. The van der Waals surface area contributed by atoms with Crippen LogP contribution in [0.2, 0.25) is 0 Å². The van der Waals surface area contributed by atoms with Gasteiger partial charge in [0.15, 0.2) is 5.82 Å². The predicted molar refractivity (Wildman–Crippen MR) is 375 cm³/mol. The Balaban J connectivity index is 1.04. The van der Waals surface area contributed by atoms with Crippen molar-refractivity contribution in [3.05, 3.63) is 295 Å². The molecule has 0 radical (unpaired) electrons. The summed E-state index contributed by atoms with van der Waals surface area (Å²) < 4.78 is 12.2. The Morgan fingerprint density at radius 1 is 0.308 bits per heavy atom. The van der Waals surface area contributed by atoms with Crippen LogP contribution in [0.1, 0.15) is 18.4 Å². The summed E-state index contributed by atoms with van der Waals surface area (Å²) in [6, 6.07) is 102. The molecule has 0 N–H and O–H groups in total. The molecular weight excluding hydrogens is 1110 g/mol. The number of para-hydroxylation sites is 7. The summed E-state index contributed by atoms with van der Waals surface area (Å²) >= 11 is 0. The molecule has 0 spiro atoms. The molecule has 6 heterocycles. The van der Waals surface area contributed by atoms with Gasteiger partial charge in [0.1, 0.15) is 11.6 Å². The average molecular weight is 1160 g/mol. The van der Waals surface area contributed by atoms with Crippen LogP contribution in [-0.2, 0) is 0 Å². The van der Waals surface area contributed by atoms with E-state index < -0.39 is 0 Å². The first-order chi connectivity index (χ1) is 45.2. The second-order valence-corrected chi connectivity index (χ2v) is 23.8. The maximum atomic E-state index is 12.7. The van der Waals surface area contributed by atoms with Gasteiger partial charge in [-0.2, -0.15) is 5.26 Å². The van der Waals surface area contributed by atoms with Gasteiger partial charge in [0.05, 0.1) is 72.4 Å². The second kappa shape index (κ2) is 19.9. The van der Waals surface area contributed by atoms with Crippen LogP contribution in [-0.4, -0.2) is 32.8 Å². The van der Waals surface area contributed by atoms with E-state index in [9.17, 15) is 5.26 Å². The van der Waals surface area contributed by atoms with Crippen LogP contribution in [0.25, 0.3) is 173 Å². The molecule has 6 aromatic heterocycles. The maximum Gasteiger partial charge on any atom is 0.160 e. The molecule has 0 atom stereocenters. The standard InChI is InChI=1S/C83H52N8/c84-51-64-73(90-70-44-24-17-37-60(70)75-72(90)47-46-59-58-36-16-21-41-67(58)87(79(59)75)55-30-10-3-11-31-55)48-54(83-85-65(52-26-6-1-7-27-52)50-66(86-83)53-28-8-2-9-29-53)49-74(64)91-71-45-25-20-40-63(71)78-81-76(61-38-18-22-42-68(61)88(81)56-32-12-4-13-33-56)80-77(82(78)91)62-39-19-23-43-69(62)89(80)57-34-14-5-15-35-57/h1-15,17-20,22-50H,16,21H2. The smallest absolute Gasteiger partial charge is 0.160 e. The van der Waals surface area contributed by atoms with E-state index in [4.69, 9.17) is 9.97 Å². The van der Waals surface area contributed by atoms with E-state index in [-0.39, 0.29) is 0 Å². The number of rotatable bonds is 8. The van der Waals surface area contributed by atoms with E-state index in [1.807, 2.05) is 12.1 Å². The van der Waals surface area contributed by atoms with Crippen molar-refractivity contribution in [1.29, 1.82) is 5.26 Å². The lowest BCUT2D eigenvalue weighted by atomic mass is 10.0. The Kier molecular flexibility index (Phi) is 11.1. The summed E-state index contributed by atoms with van der Waals surface area (Å²) in [6.07, 6.45) is 6.75. The number of fused-ring (bicyclic) bond motifs is 19. The molecule has 0 aliphatic heterocycles. The molecule has 0 amide bonds. The van der Waals surface area contributed by atoms with E-state index >= 15 is 0 Å². The van der Waals surface area contributed by atoms with Gasteiger partial charge in [-0.15, -0.1) is 0 Å². The van der Waals surface area contributed by atoms with Gasteiger partial charge in [0.2, 0.25) is 0 Å². The van der Waals surface area contributed by atoms with Crippen LogP contribution in [0, 0.1) is 11.3 Å². The van der Waals surface area contributed by atoms with Crippen molar-refractivity contribution in [2.75, 3.05) is 0 Å². The number of benzene rings is 12. The first kappa shape index (κ1) is 50.8. The number of nitriles is 1. The zero-order valence-electron chi connectivity index (χ0n) is 49.2. The Morgan fingerprint density at radius 2 is 0.703 bits per heavy atom. The van der Waals surface area contributed by atoms with Crippen molar-refractivity contribution in [2.45, 2.75) is 12.8 Å². The number of hydrogen-bond donors (Lipinski definition) is 0. The van der Waals surface area contributed by atoms with Gasteiger partial charge < -0.3 is 22.8 Å². The quantitative estimate of drug-likeness (QED) is 0.152. The van der Waals surface area contributed by atoms with Gasteiger partial charge in [-0.05, 0) is 97.8 Å². The summed E-state index contributed by atoms with van der Waals surface area (Å²) in [5, 5.41) is 25.1. The first-order valence-corrected chi connectivity index (χ1v) is 31.1. The maximum absolute atomic E-state index is 12.7. The predicted octanol–water partition coefficient (Wildman–Crippen LogP) is 19.0. The highest BCUT2D eigenvalue weighted by Crippen LogP contribution is 2.51. The minimum atomic E-state index is 0.500. The molecule has 18 aromatic rings. The molecule has 0 unspecified atom stereocenters. The van der Waals surface area contributed by atoms with Crippen LogP contribution in [0.5, 0.6) is 0 Å². The summed E-state index contributed by atoms with van der Waals surface area (Å²) in [6.45, 7) is 0. The fraction of sp³-hybridized carbons (Fsp3) is 0.0241. The Bertz CT molecular complexity index is 6110. The van der Waals surface area contributed by atoms with Gasteiger partial charge in [-0.25, -0.2) is 9.97 Å². The summed E-state index contributed by atoms with van der Waals surface area (Å²) in [5.41, 5.74) is 18.8. The lowest BCUT2D eigenvalue weighted by Gasteiger charge is -2.19. The van der Waals surface area contributed by atoms with Crippen LogP contribution >= 0.6 is 0 Å². The molecule has 1 aliphatic carbocycles. The van der Waals surface area contributed by atoms with Crippen molar-refractivity contribution < 1.29 is 0 Å². The van der Waals surface area contributed by atoms with Crippen molar-refractivity contribution in [3.63, 3.8) is 0 Å². The van der Waals surface area contributed by atoms with Gasteiger partial charge >= 0.3 is 0 Å². The minimum absolute atomic E-state index is 0.500. The normalized spacial score (nSPS) is 12.5. The highest BCUT2D eigenvalue weighted by molar-refractivity contribution is 6.40. The molecule has 0 saturated heterocycles. The third-order valence-electron chi connectivity index (χ3n) is 18.9. The van der Waals surface area contributed by atoms with Crippen molar-refractivity contribution in [2.24, 2.45) is 0 Å². The summed E-state index contributed by atoms with van der Waals surface area (Å²) in [7, 11) is 0.